The van der Waals surface area contributed by atoms with Gasteiger partial charge in [0.05, 0.1) is 0 Å². The van der Waals surface area contributed by atoms with E-state index in [4.69, 9.17) is 0 Å². The van der Waals surface area contributed by atoms with Crippen LogP contribution in [0.1, 0.15) is 54.4 Å². The lowest BCUT2D eigenvalue weighted by atomic mass is 9.79. The van der Waals surface area contributed by atoms with Crippen molar-refractivity contribution in [3.05, 3.63) is 35.4 Å². The van der Waals surface area contributed by atoms with Crippen LogP contribution in [0.5, 0.6) is 0 Å². The molecule has 16 heavy (non-hydrogen) atoms. The summed E-state index contributed by atoms with van der Waals surface area (Å²) < 4.78 is 0. The average Bonchev–Trinajstić information content (AvgIpc) is 2.25. The molecule has 1 aliphatic rings. The molecule has 1 aliphatic carbocycles. The molecule has 86 valence electrons. The van der Waals surface area contributed by atoms with Crippen molar-refractivity contribution in [2.75, 3.05) is 0 Å². The van der Waals surface area contributed by atoms with Crippen LogP contribution in [0.4, 0.5) is 0 Å². The van der Waals surface area contributed by atoms with E-state index in [1.54, 1.807) is 6.07 Å². The predicted molar refractivity (Wildman–Crippen MR) is 63.7 cm³/mol. The van der Waals surface area contributed by atoms with E-state index >= 15 is 0 Å². The number of aliphatic hydroxyl groups excluding tert-OH is 1. The molecule has 1 unspecified atom stereocenters. The van der Waals surface area contributed by atoms with Crippen LogP contribution < -0.4 is 0 Å². The Kier molecular flexibility index (Phi) is 3.39. The summed E-state index contributed by atoms with van der Waals surface area (Å²) in [5.41, 5.74) is 1.90. The smallest absolute Gasteiger partial charge is 0.191 e. The minimum atomic E-state index is -0.850. The number of aliphatic hydroxyl groups is 1. The zero-order valence-corrected chi connectivity index (χ0v) is 9.65. The first-order valence-corrected chi connectivity index (χ1v) is 6.04. The predicted octanol–water partition coefficient (Wildman–Crippen LogP) is 2.91. The van der Waals surface area contributed by atoms with Crippen molar-refractivity contribution in [3.63, 3.8) is 0 Å². The molecule has 0 aromatic heterocycles. The van der Waals surface area contributed by atoms with Crippen LogP contribution in [0, 0.1) is 0 Å². The van der Waals surface area contributed by atoms with Crippen molar-refractivity contribution in [2.24, 2.45) is 0 Å². The van der Waals surface area contributed by atoms with Crippen LogP contribution in [-0.4, -0.2) is 17.0 Å². The molecule has 1 fully saturated rings. The molecule has 0 saturated heterocycles. The number of rotatable bonds is 4. The first-order chi connectivity index (χ1) is 7.72. The summed E-state index contributed by atoms with van der Waals surface area (Å²) in [6.07, 6.45) is 3.38. The third-order valence-corrected chi connectivity index (χ3v) is 3.44. The van der Waals surface area contributed by atoms with Gasteiger partial charge in [-0.1, -0.05) is 31.5 Å². The Morgan fingerprint density at radius 2 is 2.25 bits per heavy atom. The quantitative estimate of drug-likeness (QED) is 0.789. The zero-order chi connectivity index (χ0) is 11.5. The van der Waals surface area contributed by atoms with Gasteiger partial charge in [-0.05, 0) is 36.8 Å². The molecule has 1 saturated carbocycles. The summed E-state index contributed by atoms with van der Waals surface area (Å²) in [6.45, 7) is 1.82. The summed E-state index contributed by atoms with van der Waals surface area (Å²) in [6, 6.07) is 7.75. The highest BCUT2D eigenvalue weighted by Gasteiger charge is 2.21. The van der Waals surface area contributed by atoms with Gasteiger partial charge in [0, 0.05) is 5.56 Å². The van der Waals surface area contributed by atoms with E-state index in [2.05, 4.69) is 6.07 Å². The Balaban J connectivity index is 2.18. The van der Waals surface area contributed by atoms with Crippen LogP contribution in [0.25, 0.3) is 0 Å². The van der Waals surface area contributed by atoms with Gasteiger partial charge < -0.3 is 5.11 Å². The van der Waals surface area contributed by atoms with Crippen molar-refractivity contribution < 1.29 is 9.90 Å². The summed E-state index contributed by atoms with van der Waals surface area (Å²) in [5.74, 6) is 0.482. The van der Waals surface area contributed by atoms with E-state index in [1.807, 2.05) is 19.1 Å². The Hall–Kier alpha value is -1.15. The number of carbonyl (C=O) groups excluding carboxylic acids is 1. The fraction of sp³-hybridized carbons (Fsp3) is 0.500. The van der Waals surface area contributed by atoms with E-state index in [-0.39, 0.29) is 5.78 Å². The molecule has 0 bridgehead atoms. The topological polar surface area (TPSA) is 37.3 Å². The van der Waals surface area contributed by atoms with Crippen molar-refractivity contribution in [1.29, 1.82) is 0 Å². The monoisotopic (exact) mass is 218 g/mol. The van der Waals surface area contributed by atoms with Gasteiger partial charge in [-0.15, -0.1) is 0 Å². The number of carbonyl (C=O) groups is 1. The number of Topliss-reactive ketones (excluding diaryl/α,β-unsaturated/α-hetero) is 1. The van der Waals surface area contributed by atoms with Crippen LogP contribution in [0.3, 0.4) is 0 Å². The van der Waals surface area contributed by atoms with Gasteiger partial charge in [0.1, 0.15) is 6.10 Å². The van der Waals surface area contributed by atoms with Crippen molar-refractivity contribution in [2.45, 2.75) is 44.6 Å². The van der Waals surface area contributed by atoms with Gasteiger partial charge in [-0.2, -0.15) is 0 Å². The molecular weight excluding hydrogens is 200 g/mol. The molecule has 0 aliphatic heterocycles. The molecule has 2 nitrogen and oxygen atoms in total. The molecule has 1 N–H and O–H groups in total. The molecule has 2 heteroatoms. The van der Waals surface area contributed by atoms with Crippen LogP contribution >= 0.6 is 0 Å². The van der Waals surface area contributed by atoms with Crippen LogP contribution in [-0.2, 0) is 0 Å². The van der Waals surface area contributed by atoms with E-state index in [1.165, 1.54) is 24.8 Å². The summed E-state index contributed by atoms with van der Waals surface area (Å²) in [7, 11) is 0. The first-order valence-electron chi connectivity index (χ1n) is 6.04. The fourth-order valence-electron chi connectivity index (χ4n) is 2.07. The minimum absolute atomic E-state index is 0.149. The molecule has 2 rings (SSSR count). The standard InChI is InChI=1S/C14H18O2/c1-2-13(15)14(16)12-8-4-7-11(9-12)10-5-3-6-10/h4,7-10,13,15H,2-3,5-6H2,1H3. The van der Waals surface area contributed by atoms with E-state index < -0.39 is 6.10 Å². The SMILES string of the molecule is CCC(O)C(=O)c1cccc(C2CCC2)c1. The number of ketones is 1. The van der Waals surface area contributed by atoms with Gasteiger partial charge >= 0.3 is 0 Å². The Morgan fingerprint density at radius 1 is 1.50 bits per heavy atom. The summed E-state index contributed by atoms with van der Waals surface area (Å²) in [4.78, 5) is 11.8. The lowest BCUT2D eigenvalue weighted by Crippen LogP contribution is -2.19. The van der Waals surface area contributed by atoms with Crippen LogP contribution in [0.15, 0.2) is 24.3 Å². The lowest BCUT2D eigenvalue weighted by Gasteiger charge is -2.26. The largest absolute Gasteiger partial charge is 0.385 e. The third-order valence-electron chi connectivity index (χ3n) is 3.44. The molecule has 1 atom stereocenters. The molecule has 0 radical (unpaired) electrons. The first kappa shape index (κ1) is 11.3. The number of hydrogen-bond acceptors (Lipinski definition) is 2. The third kappa shape index (κ3) is 2.17. The Bertz CT molecular complexity index is 380. The average molecular weight is 218 g/mol. The maximum absolute atomic E-state index is 11.8. The van der Waals surface area contributed by atoms with Crippen LogP contribution in [0.2, 0.25) is 0 Å². The van der Waals surface area contributed by atoms with E-state index in [0.717, 1.165) is 0 Å². The van der Waals surface area contributed by atoms with Crippen molar-refractivity contribution in [1.82, 2.24) is 0 Å². The molecule has 0 amide bonds. The highest BCUT2D eigenvalue weighted by molar-refractivity contribution is 5.99. The van der Waals surface area contributed by atoms with Gasteiger partial charge in [0.2, 0.25) is 0 Å². The van der Waals surface area contributed by atoms with Gasteiger partial charge in [0.15, 0.2) is 5.78 Å². The van der Waals surface area contributed by atoms with Gasteiger partial charge in [-0.25, -0.2) is 0 Å². The Morgan fingerprint density at radius 3 is 2.81 bits per heavy atom. The van der Waals surface area contributed by atoms with Crippen molar-refractivity contribution >= 4 is 5.78 Å². The second-order valence-electron chi connectivity index (χ2n) is 4.54. The maximum atomic E-state index is 11.8. The number of hydrogen-bond donors (Lipinski definition) is 1. The molecule has 0 heterocycles. The van der Waals surface area contributed by atoms with Gasteiger partial charge in [0.25, 0.3) is 0 Å². The van der Waals surface area contributed by atoms with E-state index in [9.17, 15) is 9.90 Å². The second kappa shape index (κ2) is 4.79. The molecule has 0 spiro atoms. The normalized spacial score (nSPS) is 17.9. The molecule has 1 aromatic rings. The van der Waals surface area contributed by atoms with Crippen molar-refractivity contribution in [3.8, 4) is 0 Å². The maximum Gasteiger partial charge on any atom is 0.191 e. The highest BCUT2D eigenvalue weighted by atomic mass is 16.3. The second-order valence-corrected chi connectivity index (χ2v) is 4.54. The summed E-state index contributed by atoms with van der Waals surface area (Å²) in [5, 5.41) is 9.53. The highest BCUT2D eigenvalue weighted by Crippen LogP contribution is 2.36. The Labute approximate surface area is 96.3 Å². The molecular formula is C14H18O2. The summed E-state index contributed by atoms with van der Waals surface area (Å²) >= 11 is 0. The zero-order valence-electron chi connectivity index (χ0n) is 9.65. The van der Waals surface area contributed by atoms with E-state index in [0.29, 0.717) is 17.9 Å². The molecule has 1 aromatic carbocycles. The fourth-order valence-corrected chi connectivity index (χ4v) is 2.07. The minimum Gasteiger partial charge on any atom is -0.385 e. The van der Waals surface area contributed by atoms with Gasteiger partial charge in [-0.3, -0.25) is 4.79 Å². The lowest BCUT2D eigenvalue weighted by molar-refractivity contribution is 0.0740. The number of benzene rings is 1.